The zero-order valence-corrected chi connectivity index (χ0v) is 23.5. The number of carbonyl (C=O) groups is 2. The minimum absolute atomic E-state index is 0.0293. The number of carboxylic acid groups (broad SMARTS) is 1. The van der Waals surface area contributed by atoms with Gasteiger partial charge in [0, 0.05) is 6.42 Å². The summed E-state index contributed by atoms with van der Waals surface area (Å²) in [7, 11) is -2.41. The molecule has 0 unspecified atom stereocenters. The van der Waals surface area contributed by atoms with Gasteiger partial charge >= 0.3 is 11.9 Å². The van der Waals surface area contributed by atoms with Crippen LogP contribution < -0.4 is 5.73 Å². The average Bonchev–Trinajstić information content (AvgIpc) is 2.63. The molecule has 192 valence electrons. The Morgan fingerprint density at radius 1 is 1.09 bits per heavy atom. The Morgan fingerprint density at radius 3 is 2.03 bits per heavy atom. The first-order chi connectivity index (χ1) is 15.3. The number of benzene rings is 1. The van der Waals surface area contributed by atoms with E-state index in [1.807, 2.05) is 51.1 Å². The van der Waals surface area contributed by atoms with Gasteiger partial charge in [0.15, 0.2) is 8.32 Å². The van der Waals surface area contributed by atoms with Crippen LogP contribution in [0.15, 0.2) is 42.5 Å². The number of ether oxygens (including phenoxy) is 1. The first kappa shape index (κ1) is 30.1. The third-order valence-electron chi connectivity index (χ3n) is 6.32. The van der Waals surface area contributed by atoms with E-state index in [0.29, 0.717) is 12.0 Å². The van der Waals surface area contributed by atoms with Crippen LogP contribution in [0.2, 0.25) is 18.1 Å². The average molecular weight is 492 g/mol. The molecule has 1 aromatic carbocycles. The first-order valence-corrected chi connectivity index (χ1v) is 14.8. The van der Waals surface area contributed by atoms with Gasteiger partial charge in [-0.15, -0.1) is 6.58 Å². The smallest absolute Gasteiger partial charge is 0.324 e. The molecular formula is C27H45NO5Si. The molecule has 0 radical (unpaired) electrons. The van der Waals surface area contributed by atoms with E-state index < -0.39 is 43.4 Å². The van der Waals surface area contributed by atoms with Crippen molar-refractivity contribution in [2.75, 3.05) is 0 Å². The second kappa shape index (κ2) is 11.2. The van der Waals surface area contributed by atoms with Crippen molar-refractivity contribution in [3.8, 4) is 0 Å². The Kier molecular flexibility index (Phi) is 9.89. The largest absolute Gasteiger partial charge is 0.480 e. The number of rotatable bonds is 11. The van der Waals surface area contributed by atoms with Crippen LogP contribution in [0.4, 0.5) is 0 Å². The van der Waals surface area contributed by atoms with Gasteiger partial charge in [-0.05, 0) is 64.2 Å². The van der Waals surface area contributed by atoms with Crippen LogP contribution >= 0.6 is 0 Å². The van der Waals surface area contributed by atoms with Crippen molar-refractivity contribution in [3.63, 3.8) is 0 Å². The Bertz CT molecular complexity index is 854. The van der Waals surface area contributed by atoms with Gasteiger partial charge < -0.3 is 20.0 Å². The molecule has 0 saturated carbocycles. The molecule has 1 rings (SSSR count). The van der Waals surface area contributed by atoms with E-state index in [4.69, 9.17) is 14.9 Å². The maximum atomic E-state index is 13.5. The van der Waals surface area contributed by atoms with E-state index in [1.165, 1.54) is 0 Å². The molecule has 7 heteroatoms. The lowest BCUT2D eigenvalue weighted by molar-refractivity contribution is -0.165. The number of carboxylic acids is 1. The maximum absolute atomic E-state index is 13.5. The molecule has 0 saturated heterocycles. The van der Waals surface area contributed by atoms with Gasteiger partial charge in [0.2, 0.25) is 0 Å². The molecule has 0 spiro atoms. The van der Waals surface area contributed by atoms with E-state index in [9.17, 15) is 14.7 Å². The third-order valence-corrected chi connectivity index (χ3v) is 10.8. The van der Waals surface area contributed by atoms with Crippen molar-refractivity contribution in [2.45, 2.75) is 103 Å². The van der Waals surface area contributed by atoms with E-state index in [-0.39, 0.29) is 17.9 Å². The van der Waals surface area contributed by atoms with E-state index >= 15 is 0 Å². The summed E-state index contributed by atoms with van der Waals surface area (Å²) in [6, 6.07) is 9.63. The van der Waals surface area contributed by atoms with Crippen LogP contribution in [-0.4, -0.2) is 42.6 Å². The Hall–Kier alpha value is -1.96. The van der Waals surface area contributed by atoms with E-state index in [0.717, 1.165) is 5.56 Å². The van der Waals surface area contributed by atoms with Gasteiger partial charge in [0.05, 0.1) is 12.0 Å². The molecule has 1 aromatic rings. The molecule has 6 nitrogen and oxygen atoms in total. The molecule has 0 bridgehead atoms. The summed E-state index contributed by atoms with van der Waals surface area (Å²) in [5, 5.41) is 9.91. The third kappa shape index (κ3) is 9.00. The molecule has 0 heterocycles. The van der Waals surface area contributed by atoms with Crippen LogP contribution in [0.3, 0.4) is 0 Å². The minimum atomic E-state index is -2.41. The van der Waals surface area contributed by atoms with Crippen molar-refractivity contribution in [3.05, 3.63) is 48.0 Å². The summed E-state index contributed by atoms with van der Waals surface area (Å²) in [4.78, 5) is 25.8. The van der Waals surface area contributed by atoms with Gasteiger partial charge in [-0.25, -0.2) is 0 Å². The van der Waals surface area contributed by atoms with Crippen molar-refractivity contribution in [2.24, 2.45) is 11.7 Å². The molecule has 3 atom stereocenters. The summed E-state index contributed by atoms with van der Waals surface area (Å²) in [5.74, 6) is -2.27. The molecule has 0 aliphatic carbocycles. The summed E-state index contributed by atoms with van der Waals surface area (Å²) in [5.41, 5.74) is 5.74. The van der Waals surface area contributed by atoms with Gasteiger partial charge in [0.1, 0.15) is 11.1 Å². The first-order valence-electron chi connectivity index (χ1n) is 11.9. The van der Waals surface area contributed by atoms with Crippen molar-refractivity contribution < 1.29 is 23.9 Å². The molecule has 34 heavy (non-hydrogen) atoms. The summed E-state index contributed by atoms with van der Waals surface area (Å²) < 4.78 is 12.6. The Labute approximate surface area is 207 Å². The quantitative estimate of drug-likeness (QED) is 0.233. The van der Waals surface area contributed by atoms with Crippen molar-refractivity contribution in [1.82, 2.24) is 0 Å². The van der Waals surface area contributed by atoms with Crippen LogP contribution in [0, 0.1) is 5.92 Å². The van der Waals surface area contributed by atoms with Crippen LogP contribution in [0.1, 0.15) is 66.9 Å². The highest BCUT2D eigenvalue weighted by atomic mass is 28.4. The van der Waals surface area contributed by atoms with Crippen LogP contribution in [-0.2, 0) is 25.2 Å². The molecule has 0 aliphatic heterocycles. The van der Waals surface area contributed by atoms with Crippen LogP contribution in [0.5, 0.6) is 0 Å². The predicted molar refractivity (Wildman–Crippen MR) is 140 cm³/mol. The number of aliphatic carboxylic acids is 1. The normalized spacial score (nSPS) is 16.3. The molecule has 0 aromatic heterocycles. The maximum Gasteiger partial charge on any atom is 0.324 e. The standard InChI is InChI=1S/C27H45NO5Si/c1-19(2)17-27(28,24(30)31)18-22(33-34(9,10)26(6,7)8)21(23(29)32-25(3,4)5)16-20-14-12-11-13-15-20/h11-15,21-22H,1,16-18,28H2,2-10H3,(H,30,31)/t21-,22-,27+/m0/s1. The van der Waals surface area contributed by atoms with Crippen molar-refractivity contribution >= 4 is 20.3 Å². The SMILES string of the molecule is C=C(C)C[C@@](N)(C[C@H](O[Si](C)(C)C(C)(C)C)[C@H](Cc1ccccc1)C(=O)OC(C)(C)C)C(=O)O. The Morgan fingerprint density at radius 2 is 1.62 bits per heavy atom. The monoisotopic (exact) mass is 491 g/mol. The number of nitrogens with two attached hydrogens (primary N) is 1. The number of carbonyl (C=O) groups excluding carboxylic acids is 1. The van der Waals surface area contributed by atoms with E-state index in [1.54, 1.807) is 6.92 Å². The fourth-order valence-corrected chi connectivity index (χ4v) is 4.92. The number of hydrogen-bond donors (Lipinski definition) is 2. The molecule has 3 N–H and O–H groups in total. The predicted octanol–water partition coefficient (Wildman–Crippen LogP) is 5.72. The molecule has 0 amide bonds. The topological polar surface area (TPSA) is 98.9 Å². The number of esters is 1. The minimum Gasteiger partial charge on any atom is -0.480 e. The fraction of sp³-hybridized carbons (Fsp3) is 0.630. The second-order valence-corrected chi connectivity index (χ2v) is 16.8. The highest BCUT2D eigenvalue weighted by Crippen LogP contribution is 2.40. The second-order valence-electron chi connectivity index (χ2n) is 12.0. The summed E-state index contributed by atoms with van der Waals surface area (Å²) >= 11 is 0. The van der Waals surface area contributed by atoms with Gasteiger partial charge in [-0.3, -0.25) is 9.59 Å². The highest BCUT2D eigenvalue weighted by molar-refractivity contribution is 6.74. The van der Waals surface area contributed by atoms with Crippen molar-refractivity contribution in [1.29, 1.82) is 0 Å². The Balaban J connectivity index is 3.59. The summed E-state index contributed by atoms with van der Waals surface area (Å²) in [6.45, 7) is 21.6. The number of hydrogen-bond acceptors (Lipinski definition) is 5. The van der Waals surface area contributed by atoms with Gasteiger partial charge in [-0.1, -0.05) is 56.7 Å². The lowest BCUT2D eigenvalue weighted by atomic mass is 9.81. The molecule has 0 fully saturated rings. The lowest BCUT2D eigenvalue weighted by Gasteiger charge is -2.43. The fourth-order valence-electron chi connectivity index (χ4n) is 3.57. The zero-order valence-electron chi connectivity index (χ0n) is 22.5. The van der Waals surface area contributed by atoms with Crippen LogP contribution in [0.25, 0.3) is 0 Å². The summed E-state index contributed by atoms with van der Waals surface area (Å²) in [6.07, 6.45) is -0.320. The molecular weight excluding hydrogens is 446 g/mol. The molecule has 0 aliphatic rings. The lowest BCUT2D eigenvalue weighted by Crippen LogP contribution is -2.56. The van der Waals surface area contributed by atoms with Gasteiger partial charge in [0.25, 0.3) is 0 Å². The van der Waals surface area contributed by atoms with E-state index in [2.05, 4.69) is 40.4 Å². The van der Waals surface area contributed by atoms with Gasteiger partial charge in [-0.2, -0.15) is 0 Å². The highest BCUT2D eigenvalue weighted by Gasteiger charge is 2.47. The zero-order chi connectivity index (χ0) is 26.5.